The number of alkyl carbamates (subject to hydrolysis) is 1. The lowest BCUT2D eigenvalue weighted by Crippen LogP contribution is -2.42. The molecule has 0 spiro atoms. The molecule has 0 fully saturated rings. The molecule has 1 heterocycles. The minimum Gasteiger partial charge on any atom is -0.480 e. The van der Waals surface area contributed by atoms with Gasteiger partial charge in [0.1, 0.15) is 12.6 Å². The molecule has 0 bridgehead atoms. The monoisotopic (exact) mass is 339 g/mol. The lowest BCUT2D eigenvalue weighted by atomic mass is 10.1. The van der Waals surface area contributed by atoms with Crippen molar-refractivity contribution in [1.82, 2.24) is 5.32 Å². The summed E-state index contributed by atoms with van der Waals surface area (Å²) in [5.74, 6) is -1.13. The third-order valence-corrected chi connectivity index (χ3v) is 4.00. The van der Waals surface area contributed by atoms with Crippen LogP contribution in [0.5, 0.6) is 0 Å². The zero-order valence-electron chi connectivity index (χ0n) is 11.5. The molecule has 1 aromatic carbocycles. The van der Waals surface area contributed by atoms with Gasteiger partial charge in [0.2, 0.25) is 0 Å². The highest BCUT2D eigenvalue weighted by atomic mass is 35.5. The number of thiophene rings is 1. The van der Waals surface area contributed by atoms with Gasteiger partial charge in [-0.2, -0.15) is 0 Å². The average molecular weight is 340 g/mol. The molecule has 2 N–H and O–H groups in total. The molecular weight excluding hydrogens is 326 g/mol. The number of benzene rings is 1. The van der Waals surface area contributed by atoms with Gasteiger partial charge >= 0.3 is 12.1 Å². The maximum Gasteiger partial charge on any atom is 0.408 e. The van der Waals surface area contributed by atoms with Gasteiger partial charge in [0, 0.05) is 6.42 Å². The van der Waals surface area contributed by atoms with Gasteiger partial charge in [-0.15, -0.1) is 11.3 Å². The Morgan fingerprint density at radius 2 is 2.00 bits per heavy atom. The van der Waals surface area contributed by atoms with E-state index in [2.05, 4.69) is 5.32 Å². The quantitative estimate of drug-likeness (QED) is 0.846. The summed E-state index contributed by atoms with van der Waals surface area (Å²) >= 11 is 7.12. The van der Waals surface area contributed by atoms with Crippen LogP contribution in [0.25, 0.3) is 0 Å². The second-order valence-corrected chi connectivity index (χ2v) is 6.10. The fourth-order valence-electron chi connectivity index (χ4n) is 1.80. The first kappa shape index (κ1) is 16.3. The Kier molecular flexibility index (Phi) is 5.80. The van der Waals surface area contributed by atoms with Crippen LogP contribution in [0.15, 0.2) is 41.8 Å². The number of amides is 1. The first-order valence-corrected chi connectivity index (χ1v) is 7.73. The van der Waals surface area contributed by atoms with Crippen molar-refractivity contribution >= 4 is 35.0 Å². The van der Waals surface area contributed by atoms with Crippen LogP contribution in [0.4, 0.5) is 4.79 Å². The highest BCUT2D eigenvalue weighted by Crippen LogP contribution is 2.21. The standard InChI is InChI=1S/C15H14ClNO4S/c16-13-7-11(9-22-13)6-12(14(18)19)17-15(20)21-8-10-4-2-1-3-5-10/h1-5,7,9,12H,6,8H2,(H,17,20)(H,18,19). The number of carbonyl (C=O) groups excluding carboxylic acids is 1. The molecule has 5 nitrogen and oxygen atoms in total. The van der Waals surface area contributed by atoms with Crippen molar-refractivity contribution < 1.29 is 19.4 Å². The van der Waals surface area contributed by atoms with E-state index in [1.807, 2.05) is 30.3 Å². The van der Waals surface area contributed by atoms with E-state index < -0.39 is 18.1 Å². The van der Waals surface area contributed by atoms with Gasteiger partial charge < -0.3 is 15.2 Å². The van der Waals surface area contributed by atoms with Gasteiger partial charge in [-0.3, -0.25) is 0 Å². The van der Waals surface area contributed by atoms with Crippen LogP contribution in [0.1, 0.15) is 11.1 Å². The van der Waals surface area contributed by atoms with Gasteiger partial charge in [0.25, 0.3) is 0 Å². The van der Waals surface area contributed by atoms with Crippen molar-refractivity contribution in [1.29, 1.82) is 0 Å². The number of ether oxygens (including phenoxy) is 1. The number of hydrogen-bond donors (Lipinski definition) is 2. The fourth-order valence-corrected chi connectivity index (χ4v) is 2.72. The van der Waals surface area contributed by atoms with Gasteiger partial charge in [-0.05, 0) is 22.6 Å². The molecule has 2 rings (SSSR count). The Bertz CT molecular complexity index is 644. The number of nitrogens with one attached hydrogen (secondary N) is 1. The lowest BCUT2D eigenvalue weighted by molar-refractivity contribution is -0.139. The van der Waals surface area contributed by atoms with Crippen LogP contribution in [0.3, 0.4) is 0 Å². The molecule has 7 heteroatoms. The van der Waals surface area contributed by atoms with E-state index in [0.717, 1.165) is 11.1 Å². The van der Waals surface area contributed by atoms with Crippen LogP contribution in [-0.2, 0) is 22.6 Å². The van der Waals surface area contributed by atoms with Crippen molar-refractivity contribution in [3.8, 4) is 0 Å². The second-order valence-electron chi connectivity index (χ2n) is 4.56. The zero-order valence-corrected chi connectivity index (χ0v) is 13.1. The molecule has 22 heavy (non-hydrogen) atoms. The number of carboxylic acid groups (broad SMARTS) is 1. The van der Waals surface area contributed by atoms with E-state index in [0.29, 0.717) is 4.34 Å². The van der Waals surface area contributed by atoms with Crippen molar-refractivity contribution in [3.05, 3.63) is 57.2 Å². The molecule has 116 valence electrons. The number of halogens is 1. The summed E-state index contributed by atoms with van der Waals surface area (Å²) in [5.41, 5.74) is 1.58. The molecule has 2 aromatic rings. The number of carboxylic acids is 1. The van der Waals surface area contributed by atoms with Crippen molar-refractivity contribution in [2.75, 3.05) is 0 Å². The molecule has 1 aromatic heterocycles. The smallest absolute Gasteiger partial charge is 0.408 e. The summed E-state index contributed by atoms with van der Waals surface area (Å²) in [5, 5.41) is 13.3. The third-order valence-electron chi connectivity index (χ3n) is 2.86. The molecule has 0 aliphatic carbocycles. The minimum absolute atomic E-state index is 0.0866. The van der Waals surface area contributed by atoms with Crippen LogP contribution in [-0.4, -0.2) is 23.2 Å². The van der Waals surface area contributed by atoms with E-state index in [9.17, 15) is 14.7 Å². The average Bonchev–Trinajstić information content (AvgIpc) is 2.91. The maximum absolute atomic E-state index is 11.7. The highest BCUT2D eigenvalue weighted by molar-refractivity contribution is 7.14. The number of aliphatic carboxylic acids is 1. The molecule has 1 unspecified atom stereocenters. The highest BCUT2D eigenvalue weighted by Gasteiger charge is 2.21. The molecule has 1 atom stereocenters. The normalized spacial score (nSPS) is 11.7. The van der Waals surface area contributed by atoms with E-state index in [-0.39, 0.29) is 13.0 Å². The van der Waals surface area contributed by atoms with Crippen molar-refractivity contribution in [3.63, 3.8) is 0 Å². The lowest BCUT2D eigenvalue weighted by Gasteiger charge is -2.14. The third kappa shape index (κ3) is 5.05. The number of rotatable bonds is 6. The predicted octanol–water partition coefficient (Wildman–Crippen LogP) is 3.32. The summed E-state index contributed by atoms with van der Waals surface area (Å²) in [6.45, 7) is 0.0866. The summed E-state index contributed by atoms with van der Waals surface area (Å²) in [4.78, 5) is 22.9. The van der Waals surface area contributed by atoms with Gasteiger partial charge in [0.15, 0.2) is 0 Å². The number of carbonyl (C=O) groups is 2. The molecule has 0 saturated heterocycles. The summed E-state index contributed by atoms with van der Waals surface area (Å²) in [6.07, 6.45) is -0.614. The Balaban J connectivity index is 1.87. The fraction of sp³-hybridized carbons (Fsp3) is 0.200. The van der Waals surface area contributed by atoms with Crippen molar-refractivity contribution in [2.45, 2.75) is 19.1 Å². The Labute approximate surface area is 136 Å². The summed E-state index contributed by atoms with van der Waals surface area (Å²) in [6, 6.07) is 9.77. The number of hydrogen-bond acceptors (Lipinski definition) is 4. The summed E-state index contributed by atoms with van der Waals surface area (Å²) < 4.78 is 5.59. The van der Waals surface area contributed by atoms with E-state index in [1.165, 1.54) is 11.3 Å². The molecule has 0 radical (unpaired) electrons. The van der Waals surface area contributed by atoms with Crippen LogP contribution >= 0.6 is 22.9 Å². The Hall–Kier alpha value is -2.05. The summed E-state index contributed by atoms with van der Waals surface area (Å²) in [7, 11) is 0. The molecule has 0 aliphatic rings. The van der Waals surface area contributed by atoms with Crippen LogP contribution in [0.2, 0.25) is 4.34 Å². The molecule has 1 amide bonds. The Morgan fingerprint density at radius 1 is 1.27 bits per heavy atom. The van der Waals surface area contributed by atoms with Gasteiger partial charge in [-0.1, -0.05) is 41.9 Å². The van der Waals surface area contributed by atoms with E-state index >= 15 is 0 Å². The SMILES string of the molecule is O=C(NC(Cc1csc(Cl)c1)C(=O)O)OCc1ccccc1. The van der Waals surface area contributed by atoms with Crippen LogP contribution in [0, 0.1) is 0 Å². The van der Waals surface area contributed by atoms with E-state index in [4.69, 9.17) is 16.3 Å². The molecule has 0 aliphatic heterocycles. The van der Waals surface area contributed by atoms with E-state index in [1.54, 1.807) is 11.4 Å². The molecule has 0 saturated carbocycles. The largest absolute Gasteiger partial charge is 0.480 e. The second kappa shape index (κ2) is 7.82. The zero-order chi connectivity index (χ0) is 15.9. The van der Waals surface area contributed by atoms with Crippen LogP contribution < -0.4 is 5.32 Å². The Morgan fingerprint density at radius 3 is 2.59 bits per heavy atom. The predicted molar refractivity (Wildman–Crippen MR) is 84.2 cm³/mol. The first-order chi connectivity index (χ1) is 10.5. The topological polar surface area (TPSA) is 75.6 Å². The van der Waals surface area contributed by atoms with Gasteiger partial charge in [0.05, 0.1) is 4.34 Å². The molecular formula is C15H14ClNO4S. The van der Waals surface area contributed by atoms with Gasteiger partial charge in [-0.25, -0.2) is 9.59 Å². The first-order valence-electron chi connectivity index (χ1n) is 6.47. The minimum atomic E-state index is -1.13. The maximum atomic E-state index is 11.7. The van der Waals surface area contributed by atoms with Crippen molar-refractivity contribution in [2.24, 2.45) is 0 Å².